The lowest BCUT2D eigenvalue weighted by Crippen LogP contribution is -2.17. The number of nitrogens with zero attached hydrogens (tertiary/aromatic N) is 1. The van der Waals surface area contributed by atoms with Crippen LogP contribution in [-0.2, 0) is 0 Å². The highest BCUT2D eigenvalue weighted by atomic mass is 35.5. The van der Waals surface area contributed by atoms with Crippen molar-refractivity contribution in [3.63, 3.8) is 0 Å². The average Bonchev–Trinajstić information content (AvgIpc) is 2.41. The quantitative estimate of drug-likeness (QED) is 0.595. The third-order valence-electron chi connectivity index (χ3n) is 2.65. The number of hydrogen-bond acceptors (Lipinski definition) is 4. The lowest BCUT2D eigenvalue weighted by molar-refractivity contribution is 0.102. The molecular formula is C13H13ClN4O. The fourth-order valence-electron chi connectivity index (χ4n) is 1.63. The number of nitrogens with two attached hydrogens (primary N) is 1. The molecular weight excluding hydrogens is 264 g/mol. The number of benzene rings is 1. The number of rotatable bonds is 3. The minimum atomic E-state index is -0.287. The summed E-state index contributed by atoms with van der Waals surface area (Å²) in [5.41, 5.74) is 4.93. The van der Waals surface area contributed by atoms with Gasteiger partial charge in [-0.3, -0.25) is 15.6 Å². The predicted octanol–water partition coefficient (Wildman–Crippen LogP) is 2.58. The molecule has 5 nitrogen and oxygen atoms in total. The van der Waals surface area contributed by atoms with Crippen LogP contribution >= 0.6 is 11.6 Å². The van der Waals surface area contributed by atoms with E-state index in [0.29, 0.717) is 22.0 Å². The minimum absolute atomic E-state index is 0.287. The summed E-state index contributed by atoms with van der Waals surface area (Å²) >= 11 is 5.89. The molecule has 0 saturated carbocycles. The molecule has 1 aromatic heterocycles. The second-order valence-corrected chi connectivity index (χ2v) is 4.42. The fourth-order valence-corrected chi connectivity index (χ4v) is 1.81. The zero-order valence-corrected chi connectivity index (χ0v) is 11.0. The molecule has 4 N–H and O–H groups in total. The van der Waals surface area contributed by atoms with Gasteiger partial charge in [0.25, 0.3) is 5.91 Å². The zero-order valence-electron chi connectivity index (χ0n) is 10.3. The van der Waals surface area contributed by atoms with E-state index in [1.807, 2.05) is 6.92 Å². The molecule has 2 aromatic rings. The van der Waals surface area contributed by atoms with Crippen molar-refractivity contribution in [1.29, 1.82) is 0 Å². The van der Waals surface area contributed by atoms with Gasteiger partial charge in [0, 0.05) is 23.1 Å². The molecule has 19 heavy (non-hydrogen) atoms. The van der Waals surface area contributed by atoms with Crippen molar-refractivity contribution >= 4 is 28.9 Å². The van der Waals surface area contributed by atoms with Crippen LogP contribution < -0.4 is 16.6 Å². The molecule has 0 radical (unpaired) electrons. The van der Waals surface area contributed by atoms with Gasteiger partial charge in [-0.05, 0) is 36.8 Å². The number of hydrazine groups is 1. The first-order valence-electron chi connectivity index (χ1n) is 5.60. The fraction of sp³-hybridized carbons (Fsp3) is 0.0769. The first-order valence-corrected chi connectivity index (χ1v) is 5.97. The van der Waals surface area contributed by atoms with Crippen molar-refractivity contribution in [3.05, 3.63) is 52.8 Å². The van der Waals surface area contributed by atoms with Gasteiger partial charge in [0.15, 0.2) is 0 Å². The van der Waals surface area contributed by atoms with E-state index in [9.17, 15) is 4.79 Å². The van der Waals surface area contributed by atoms with Crippen LogP contribution in [0.15, 0.2) is 36.7 Å². The maximum Gasteiger partial charge on any atom is 0.257 e. The van der Waals surface area contributed by atoms with E-state index >= 15 is 0 Å². The Bertz CT molecular complexity index is 615. The maximum atomic E-state index is 12.2. The van der Waals surface area contributed by atoms with Crippen molar-refractivity contribution in [2.24, 2.45) is 5.84 Å². The summed E-state index contributed by atoms with van der Waals surface area (Å²) in [6.45, 7) is 1.86. The molecule has 0 unspecified atom stereocenters. The lowest BCUT2D eigenvalue weighted by atomic mass is 10.1. The predicted molar refractivity (Wildman–Crippen MR) is 76.2 cm³/mol. The van der Waals surface area contributed by atoms with E-state index in [4.69, 9.17) is 17.4 Å². The molecule has 0 aliphatic heterocycles. The second kappa shape index (κ2) is 5.69. The van der Waals surface area contributed by atoms with Gasteiger partial charge in [0.2, 0.25) is 0 Å². The normalized spacial score (nSPS) is 10.1. The van der Waals surface area contributed by atoms with Crippen molar-refractivity contribution in [2.75, 3.05) is 10.7 Å². The summed E-state index contributed by atoms with van der Waals surface area (Å²) < 4.78 is 0. The molecule has 0 atom stereocenters. The highest BCUT2D eigenvalue weighted by Gasteiger charge is 2.12. The number of carbonyl (C=O) groups excluding carboxylic acids is 1. The monoisotopic (exact) mass is 276 g/mol. The number of aromatic nitrogens is 1. The first-order chi connectivity index (χ1) is 9.11. The molecule has 0 aliphatic rings. The van der Waals surface area contributed by atoms with E-state index in [2.05, 4.69) is 15.7 Å². The van der Waals surface area contributed by atoms with E-state index < -0.39 is 0 Å². The topological polar surface area (TPSA) is 80.0 Å². The third kappa shape index (κ3) is 3.01. The Morgan fingerprint density at radius 1 is 1.32 bits per heavy atom. The molecule has 6 heteroatoms. The van der Waals surface area contributed by atoms with Crippen LogP contribution in [0.4, 0.5) is 11.4 Å². The van der Waals surface area contributed by atoms with E-state index in [0.717, 1.165) is 5.56 Å². The number of anilines is 2. The van der Waals surface area contributed by atoms with E-state index in [1.165, 1.54) is 0 Å². The molecule has 1 heterocycles. The number of pyridine rings is 1. The highest BCUT2D eigenvalue weighted by molar-refractivity contribution is 6.31. The molecule has 98 valence electrons. The number of carbonyl (C=O) groups is 1. The summed E-state index contributed by atoms with van der Waals surface area (Å²) in [6.07, 6.45) is 3.29. The smallest absolute Gasteiger partial charge is 0.257 e. The van der Waals surface area contributed by atoms with Crippen molar-refractivity contribution in [1.82, 2.24) is 4.98 Å². The van der Waals surface area contributed by atoms with Crippen LogP contribution in [-0.4, -0.2) is 10.9 Å². The van der Waals surface area contributed by atoms with E-state index in [1.54, 1.807) is 36.7 Å². The number of amides is 1. The molecule has 0 spiro atoms. The molecule has 0 aliphatic carbocycles. The average molecular weight is 277 g/mol. The number of nitrogen functional groups attached to an aromatic ring is 1. The summed E-state index contributed by atoms with van der Waals surface area (Å²) in [6, 6.07) is 6.60. The summed E-state index contributed by atoms with van der Waals surface area (Å²) in [5.74, 6) is 5.09. The number of hydrogen-bond donors (Lipinski definition) is 3. The van der Waals surface area contributed by atoms with Crippen molar-refractivity contribution in [3.8, 4) is 0 Å². The van der Waals surface area contributed by atoms with Gasteiger partial charge in [0.05, 0.1) is 11.3 Å². The molecule has 0 bridgehead atoms. The summed E-state index contributed by atoms with van der Waals surface area (Å²) in [7, 11) is 0. The molecule has 1 amide bonds. The Morgan fingerprint density at radius 3 is 2.79 bits per heavy atom. The number of halogens is 1. The first kappa shape index (κ1) is 13.3. The minimum Gasteiger partial charge on any atom is -0.323 e. The van der Waals surface area contributed by atoms with Gasteiger partial charge in [-0.1, -0.05) is 11.6 Å². The second-order valence-electron chi connectivity index (χ2n) is 3.98. The zero-order chi connectivity index (χ0) is 13.8. The Balaban J connectivity index is 2.30. The summed E-state index contributed by atoms with van der Waals surface area (Å²) in [4.78, 5) is 16.2. The van der Waals surface area contributed by atoms with Crippen LogP contribution in [0.2, 0.25) is 5.02 Å². The van der Waals surface area contributed by atoms with Crippen molar-refractivity contribution in [2.45, 2.75) is 6.92 Å². The summed E-state index contributed by atoms with van der Waals surface area (Å²) in [5, 5.41) is 3.26. The van der Waals surface area contributed by atoms with Crippen LogP contribution in [0, 0.1) is 6.92 Å². The molecule has 1 aromatic carbocycles. The van der Waals surface area contributed by atoms with Gasteiger partial charge in [-0.2, -0.15) is 0 Å². The van der Waals surface area contributed by atoms with Gasteiger partial charge in [-0.25, -0.2) is 0 Å². The molecule has 2 rings (SSSR count). The lowest BCUT2D eigenvalue weighted by Gasteiger charge is -2.11. The Kier molecular flexibility index (Phi) is 3.99. The van der Waals surface area contributed by atoms with Crippen LogP contribution in [0.25, 0.3) is 0 Å². The van der Waals surface area contributed by atoms with Crippen molar-refractivity contribution < 1.29 is 4.79 Å². The largest absolute Gasteiger partial charge is 0.323 e. The Labute approximate surface area is 115 Å². The third-order valence-corrected chi connectivity index (χ3v) is 2.89. The Hall–Kier alpha value is -2.11. The van der Waals surface area contributed by atoms with Gasteiger partial charge < -0.3 is 10.7 Å². The highest BCUT2D eigenvalue weighted by Crippen LogP contribution is 2.22. The molecule has 0 saturated heterocycles. The van der Waals surface area contributed by atoms with Crippen LogP contribution in [0.1, 0.15) is 15.9 Å². The van der Waals surface area contributed by atoms with Gasteiger partial charge >= 0.3 is 0 Å². The SMILES string of the molecule is Cc1cnccc1NC(=O)c1cc(Cl)ccc1NN. The van der Waals surface area contributed by atoms with Crippen LogP contribution in [0.5, 0.6) is 0 Å². The van der Waals surface area contributed by atoms with E-state index in [-0.39, 0.29) is 5.91 Å². The van der Waals surface area contributed by atoms with Gasteiger partial charge in [0.1, 0.15) is 0 Å². The van der Waals surface area contributed by atoms with Crippen LogP contribution in [0.3, 0.4) is 0 Å². The standard InChI is InChI=1S/C13H13ClN4O/c1-8-7-16-5-4-11(8)17-13(19)10-6-9(14)2-3-12(10)18-15/h2-7,18H,15H2,1H3,(H,16,17,19). The maximum absolute atomic E-state index is 12.2. The molecule has 0 fully saturated rings. The Morgan fingerprint density at radius 2 is 2.11 bits per heavy atom. The number of nitrogens with one attached hydrogen (secondary N) is 2. The number of aryl methyl sites for hydroxylation is 1. The van der Waals surface area contributed by atoms with Gasteiger partial charge in [-0.15, -0.1) is 0 Å².